The maximum atomic E-state index is 12.9. The average molecular weight is 373 g/mol. The number of hydrogen-bond acceptors (Lipinski definition) is 6. The van der Waals surface area contributed by atoms with E-state index >= 15 is 0 Å². The molecule has 7 heteroatoms. The van der Waals surface area contributed by atoms with Crippen molar-refractivity contribution in [2.45, 2.75) is 17.3 Å². The van der Waals surface area contributed by atoms with Gasteiger partial charge in [-0.25, -0.2) is 8.42 Å². The van der Waals surface area contributed by atoms with Crippen LogP contribution in [0.4, 0.5) is 0 Å². The maximum Gasteiger partial charge on any atom is 0.186 e. The van der Waals surface area contributed by atoms with Crippen LogP contribution in [0.15, 0.2) is 53.6 Å². The second kappa shape index (κ2) is 7.31. The van der Waals surface area contributed by atoms with Crippen molar-refractivity contribution in [1.29, 1.82) is 0 Å². The molecule has 0 aliphatic heterocycles. The fraction of sp³-hybridized carbons (Fsp3) is 0.211. The molecule has 136 valence electrons. The lowest BCUT2D eigenvalue weighted by Crippen LogP contribution is -2.07. The number of methoxy groups -OCH3 is 2. The highest BCUT2D eigenvalue weighted by Gasteiger charge is 2.21. The third-order valence-corrected chi connectivity index (χ3v) is 5.75. The third-order valence-electron chi connectivity index (χ3n) is 4.05. The predicted octanol–water partition coefficient (Wildman–Crippen LogP) is 2.72. The normalized spacial score (nSPS) is 11.5. The quantitative estimate of drug-likeness (QED) is 0.715. The summed E-state index contributed by atoms with van der Waals surface area (Å²) in [6.45, 7) is -0.0839. The van der Waals surface area contributed by atoms with E-state index in [2.05, 4.69) is 4.98 Å². The number of rotatable bonds is 6. The minimum Gasteiger partial charge on any atom is -0.497 e. The highest BCUT2D eigenvalue weighted by atomic mass is 32.2. The maximum absolute atomic E-state index is 12.9. The molecule has 6 nitrogen and oxygen atoms in total. The molecule has 0 spiro atoms. The van der Waals surface area contributed by atoms with Crippen LogP contribution in [0.2, 0.25) is 0 Å². The minimum absolute atomic E-state index is 0.0727. The van der Waals surface area contributed by atoms with Crippen molar-refractivity contribution in [1.82, 2.24) is 4.98 Å². The molecule has 3 aromatic rings. The van der Waals surface area contributed by atoms with Crippen LogP contribution in [0, 0.1) is 0 Å². The van der Waals surface area contributed by atoms with E-state index in [1.165, 1.54) is 20.3 Å². The molecule has 1 heterocycles. The number of sulfone groups is 1. The van der Waals surface area contributed by atoms with E-state index in [0.29, 0.717) is 11.3 Å². The van der Waals surface area contributed by atoms with Gasteiger partial charge in [0.25, 0.3) is 0 Å². The molecular weight excluding hydrogens is 354 g/mol. The second-order valence-corrected chi connectivity index (χ2v) is 7.76. The van der Waals surface area contributed by atoms with Gasteiger partial charge in [0.2, 0.25) is 0 Å². The van der Waals surface area contributed by atoms with Gasteiger partial charge in [0.15, 0.2) is 9.84 Å². The van der Waals surface area contributed by atoms with Gasteiger partial charge < -0.3 is 14.6 Å². The van der Waals surface area contributed by atoms with Crippen molar-refractivity contribution in [3.05, 3.63) is 59.8 Å². The van der Waals surface area contributed by atoms with E-state index in [1.807, 2.05) is 0 Å². The van der Waals surface area contributed by atoms with Crippen molar-refractivity contribution in [3.8, 4) is 11.5 Å². The number of aliphatic hydroxyl groups excluding tert-OH is 1. The van der Waals surface area contributed by atoms with E-state index in [1.54, 1.807) is 42.6 Å². The molecule has 3 rings (SSSR count). The smallest absolute Gasteiger partial charge is 0.186 e. The standard InChI is InChI=1S/C19H19NO5S/c1-24-16-4-6-18(25-2)19(9-16)26(22,23)12-14-8-15-7-13(11-21)3-5-17(15)20-10-14/h3-10,21H,11-12H2,1-2H3. The molecule has 0 radical (unpaired) electrons. The van der Waals surface area contributed by atoms with Gasteiger partial charge in [-0.05, 0) is 41.5 Å². The van der Waals surface area contributed by atoms with Gasteiger partial charge in [0.1, 0.15) is 16.4 Å². The zero-order valence-corrected chi connectivity index (χ0v) is 15.3. The summed E-state index contributed by atoms with van der Waals surface area (Å²) in [6.07, 6.45) is 1.55. The number of aliphatic hydroxyl groups is 1. The van der Waals surface area contributed by atoms with Gasteiger partial charge in [0.05, 0.1) is 32.1 Å². The minimum atomic E-state index is -3.67. The van der Waals surface area contributed by atoms with E-state index in [4.69, 9.17) is 9.47 Å². The van der Waals surface area contributed by atoms with Crippen molar-refractivity contribution in [3.63, 3.8) is 0 Å². The highest BCUT2D eigenvalue weighted by Crippen LogP contribution is 2.31. The van der Waals surface area contributed by atoms with Crippen LogP contribution < -0.4 is 9.47 Å². The summed E-state index contributed by atoms with van der Waals surface area (Å²) < 4.78 is 36.1. The molecule has 0 atom stereocenters. The van der Waals surface area contributed by atoms with Crippen molar-refractivity contribution in [2.75, 3.05) is 14.2 Å². The van der Waals surface area contributed by atoms with Gasteiger partial charge in [-0.2, -0.15) is 0 Å². The summed E-state index contributed by atoms with van der Waals surface area (Å²) >= 11 is 0. The van der Waals surface area contributed by atoms with Crippen molar-refractivity contribution < 1.29 is 23.0 Å². The van der Waals surface area contributed by atoms with Gasteiger partial charge in [-0.15, -0.1) is 0 Å². The van der Waals surface area contributed by atoms with E-state index in [9.17, 15) is 13.5 Å². The third kappa shape index (κ3) is 3.63. The topological polar surface area (TPSA) is 85.7 Å². The first-order valence-electron chi connectivity index (χ1n) is 7.90. The zero-order valence-electron chi connectivity index (χ0n) is 14.5. The Balaban J connectivity index is 2.00. The molecule has 0 fully saturated rings. The molecular formula is C19H19NO5S. The number of fused-ring (bicyclic) bond motifs is 1. The molecule has 2 aromatic carbocycles. The summed E-state index contributed by atoms with van der Waals surface area (Å²) in [4.78, 5) is 4.38. The van der Waals surface area contributed by atoms with Crippen LogP contribution in [0.25, 0.3) is 10.9 Å². The Hall–Kier alpha value is -2.64. The Kier molecular flexibility index (Phi) is 5.11. The van der Waals surface area contributed by atoms with E-state index in [-0.39, 0.29) is 23.0 Å². The molecule has 0 aliphatic carbocycles. The average Bonchev–Trinajstić information content (AvgIpc) is 2.66. The number of hydrogen-bond donors (Lipinski definition) is 1. The van der Waals surface area contributed by atoms with Gasteiger partial charge in [-0.3, -0.25) is 4.98 Å². The molecule has 1 aromatic heterocycles. The second-order valence-electron chi connectivity index (χ2n) is 5.80. The summed E-state index contributed by atoms with van der Waals surface area (Å²) in [5.41, 5.74) is 2.04. The predicted molar refractivity (Wildman–Crippen MR) is 98.1 cm³/mol. The Morgan fingerprint density at radius 2 is 1.77 bits per heavy atom. The number of pyridine rings is 1. The summed E-state index contributed by atoms with van der Waals surface area (Å²) in [5, 5.41) is 10.0. The summed E-state index contributed by atoms with van der Waals surface area (Å²) in [6, 6.07) is 11.8. The Morgan fingerprint density at radius 1 is 1.00 bits per heavy atom. The molecule has 0 saturated heterocycles. The summed E-state index contributed by atoms with van der Waals surface area (Å²) in [5.74, 6) is 0.485. The molecule has 0 amide bonds. The molecule has 0 saturated carbocycles. The lowest BCUT2D eigenvalue weighted by Gasteiger charge is -2.11. The number of benzene rings is 2. The van der Waals surface area contributed by atoms with Gasteiger partial charge in [0, 0.05) is 17.6 Å². The monoisotopic (exact) mass is 373 g/mol. The Bertz CT molecular complexity index is 1050. The fourth-order valence-electron chi connectivity index (χ4n) is 2.73. The van der Waals surface area contributed by atoms with Gasteiger partial charge >= 0.3 is 0 Å². The highest BCUT2D eigenvalue weighted by molar-refractivity contribution is 7.90. The van der Waals surface area contributed by atoms with Crippen LogP contribution in [0.5, 0.6) is 11.5 Å². The van der Waals surface area contributed by atoms with E-state index in [0.717, 1.165) is 16.5 Å². The first kappa shape index (κ1) is 18.2. The Labute approximate surface area is 151 Å². The first-order valence-corrected chi connectivity index (χ1v) is 9.55. The van der Waals surface area contributed by atoms with Crippen LogP contribution in [0.3, 0.4) is 0 Å². The first-order chi connectivity index (χ1) is 12.5. The lowest BCUT2D eigenvalue weighted by atomic mass is 10.1. The molecule has 0 bridgehead atoms. The molecule has 1 N–H and O–H groups in total. The lowest BCUT2D eigenvalue weighted by molar-refractivity contribution is 0.282. The van der Waals surface area contributed by atoms with Crippen LogP contribution in [-0.2, 0) is 22.2 Å². The molecule has 26 heavy (non-hydrogen) atoms. The summed E-state index contributed by atoms with van der Waals surface area (Å²) in [7, 11) is -0.766. The fourth-order valence-corrected chi connectivity index (χ4v) is 4.23. The van der Waals surface area contributed by atoms with Crippen LogP contribution in [0.1, 0.15) is 11.1 Å². The van der Waals surface area contributed by atoms with Gasteiger partial charge in [-0.1, -0.05) is 6.07 Å². The number of aromatic nitrogens is 1. The van der Waals surface area contributed by atoms with Crippen LogP contribution >= 0.6 is 0 Å². The number of ether oxygens (including phenoxy) is 2. The van der Waals surface area contributed by atoms with Crippen LogP contribution in [-0.4, -0.2) is 32.7 Å². The molecule has 0 aliphatic rings. The zero-order chi connectivity index (χ0) is 18.7. The molecule has 0 unspecified atom stereocenters. The largest absolute Gasteiger partial charge is 0.497 e. The van der Waals surface area contributed by atoms with Crippen molar-refractivity contribution >= 4 is 20.7 Å². The number of nitrogens with zero attached hydrogens (tertiary/aromatic N) is 1. The van der Waals surface area contributed by atoms with E-state index < -0.39 is 9.84 Å². The SMILES string of the molecule is COc1ccc(OC)c(S(=O)(=O)Cc2cnc3ccc(CO)cc3c2)c1. The van der Waals surface area contributed by atoms with Crippen molar-refractivity contribution in [2.24, 2.45) is 0 Å². The Morgan fingerprint density at radius 3 is 2.46 bits per heavy atom.